The summed E-state index contributed by atoms with van der Waals surface area (Å²) in [4.78, 5) is 18.0. The summed E-state index contributed by atoms with van der Waals surface area (Å²) in [7, 11) is 0. The first-order valence-electron chi connectivity index (χ1n) is 11.9. The zero-order chi connectivity index (χ0) is 23.1. The van der Waals surface area contributed by atoms with Crippen molar-refractivity contribution >= 4 is 33.4 Å². The van der Waals surface area contributed by atoms with Gasteiger partial charge in [-0.15, -0.1) is 0 Å². The fraction of sp³-hybridized carbons (Fsp3) is 0.500. The van der Waals surface area contributed by atoms with Gasteiger partial charge in [-0.25, -0.2) is 0 Å². The number of benzene rings is 2. The highest BCUT2D eigenvalue weighted by Crippen LogP contribution is 2.25. The molecule has 1 heterocycles. The Balaban J connectivity index is 1.96. The molecule has 0 unspecified atom stereocenters. The van der Waals surface area contributed by atoms with E-state index >= 15 is 0 Å². The van der Waals surface area contributed by atoms with Gasteiger partial charge in [-0.1, -0.05) is 39.3 Å². The van der Waals surface area contributed by atoms with Gasteiger partial charge < -0.3 is 19.1 Å². The summed E-state index contributed by atoms with van der Waals surface area (Å²) in [6.45, 7) is 16.2. The van der Waals surface area contributed by atoms with Gasteiger partial charge in [0.2, 0.25) is 0 Å². The summed E-state index contributed by atoms with van der Waals surface area (Å²) in [5.74, 6) is 0.800. The predicted octanol–water partition coefficient (Wildman–Crippen LogP) is 5.26. The van der Waals surface area contributed by atoms with E-state index in [-0.39, 0.29) is 5.43 Å². The number of ether oxygens (including phenoxy) is 1. The van der Waals surface area contributed by atoms with Gasteiger partial charge >= 0.3 is 0 Å². The summed E-state index contributed by atoms with van der Waals surface area (Å²) >= 11 is 6.32. The van der Waals surface area contributed by atoms with Crippen LogP contribution in [0, 0.1) is 0 Å². The van der Waals surface area contributed by atoms with Crippen LogP contribution in [0.25, 0.3) is 21.8 Å². The lowest BCUT2D eigenvalue weighted by Gasteiger charge is -2.22. The van der Waals surface area contributed by atoms with Gasteiger partial charge in [-0.05, 0) is 62.9 Å². The molecule has 0 N–H and O–H groups in total. The number of fused-ring (bicyclic) bond motifs is 2. The second kappa shape index (κ2) is 11.7. The molecule has 0 amide bonds. The van der Waals surface area contributed by atoms with E-state index in [9.17, 15) is 4.79 Å². The molecule has 0 aliphatic heterocycles. The minimum atomic E-state index is 0.0406. The van der Waals surface area contributed by atoms with Crippen molar-refractivity contribution in [2.24, 2.45) is 0 Å². The van der Waals surface area contributed by atoms with E-state index in [4.69, 9.17) is 16.3 Å². The number of hydrogen-bond donors (Lipinski definition) is 0. The third-order valence-corrected chi connectivity index (χ3v) is 6.55. The number of hydrogen-bond acceptors (Lipinski definition) is 4. The maximum atomic E-state index is 13.2. The molecule has 0 saturated heterocycles. The normalized spacial score (nSPS) is 11.8. The Labute approximate surface area is 196 Å². The first-order valence-corrected chi connectivity index (χ1v) is 12.2. The molecule has 6 heteroatoms. The Hall–Kier alpha value is -2.08. The minimum Gasteiger partial charge on any atom is -0.493 e. The molecule has 3 rings (SSSR count). The standard InChI is InChI=1S/C26H36ClN3O2/c1-5-28(6-2)14-9-17-32-21-11-13-23-25(19-21)30(16-15-29(7-3)8-4)24-18-20(27)10-12-22(24)26(23)31/h10-13,18-19H,5-9,14-17H2,1-4H3. The Morgan fingerprint density at radius 3 is 2.09 bits per heavy atom. The Morgan fingerprint density at radius 2 is 1.44 bits per heavy atom. The van der Waals surface area contributed by atoms with Crippen LogP contribution in [0.1, 0.15) is 34.1 Å². The summed E-state index contributed by atoms with van der Waals surface area (Å²) in [6.07, 6.45) is 0.974. The lowest BCUT2D eigenvalue weighted by atomic mass is 10.1. The van der Waals surface area contributed by atoms with Crippen LogP contribution in [0.5, 0.6) is 5.75 Å². The molecule has 3 aromatic rings. The number of aromatic nitrogens is 1. The predicted molar refractivity (Wildman–Crippen MR) is 136 cm³/mol. The van der Waals surface area contributed by atoms with E-state index in [1.165, 1.54) is 0 Å². The summed E-state index contributed by atoms with van der Waals surface area (Å²) < 4.78 is 8.29. The molecule has 174 valence electrons. The van der Waals surface area contributed by atoms with Crippen molar-refractivity contribution in [3.8, 4) is 5.75 Å². The zero-order valence-corrected chi connectivity index (χ0v) is 20.6. The summed E-state index contributed by atoms with van der Waals surface area (Å²) in [5, 5.41) is 2.06. The molecule has 32 heavy (non-hydrogen) atoms. The maximum absolute atomic E-state index is 13.2. The average Bonchev–Trinajstić information content (AvgIpc) is 2.81. The molecule has 1 aromatic heterocycles. The van der Waals surface area contributed by atoms with E-state index in [0.717, 1.165) is 74.4 Å². The first-order chi connectivity index (χ1) is 15.5. The number of pyridine rings is 1. The van der Waals surface area contributed by atoms with E-state index in [2.05, 4.69) is 42.1 Å². The quantitative estimate of drug-likeness (QED) is 0.274. The molecular weight excluding hydrogens is 422 g/mol. The number of likely N-dealkylation sites (N-methyl/N-ethyl adjacent to an activating group) is 1. The van der Waals surface area contributed by atoms with Crippen molar-refractivity contribution in [1.29, 1.82) is 0 Å². The third-order valence-electron chi connectivity index (χ3n) is 6.32. The van der Waals surface area contributed by atoms with Crippen molar-refractivity contribution in [2.45, 2.75) is 40.7 Å². The monoisotopic (exact) mass is 457 g/mol. The molecule has 0 bridgehead atoms. The molecule has 0 aliphatic carbocycles. The van der Waals surface area contributed by atoms with Crippen molar-refractivity contribution < 1.29 is 4.74 Å². The SMILES string of the molecule is CCN(CC)CCCOc1ccc2c(=O)c3ccc(Cl)cc3n(CCN(CC)CC)c2c1. The van der Waals surface area contributed by atoms with Crippen LogP contribution in [-0.4, -0.2) is 60.2 Å². The highest BCUT2D eigenvalue weighted by Gasteiger charge is 2.13. The van der Waals surface area contributed by atoms with E-state index in [1.807, 2.05) is 30.3 Å². The largest absolute Gasteiger partial charge is 0.493 e. The molecule has 0 spiro atoms. The summed E-state index contributed by atoms with van der Waals surface area (Å²) in [6, 6.07) is 11.4. The van der Waals surface area contributed by atoms with Crippen LogP contribution in [0.3, 0.4) is 0 Å². The van der Waals surface area contributed by atoms with Crippen LogP contribution >= 0.6 is 11.6 Å². The van der Waals surface area contributed by atoms with Gasteiger partial charge in [-0.3, -0.25) is 4.79 Å². The van der Waals surface area contributed by atoms with Crippen molar-refractivity contribution in [1.82, 2.24) is 14.4 Å². The van der Waals surface area contributed by atoms with Crippen molar-refractivity contribution in [3.05, 3.63) is 51.6 Å². The van der Waals surface area contributed by atoms with Crippen molar-refractivity contribution in [3.63, 3.8) is 0 Å². The van der Waals surface area contributed by atoms with Crippen LogP contribution in [0.4, 0.5) is 0 Å². The third kappa shape index (κ3) is 5.64. The number of nitrogens with zero attached hydrogens (tertiary/aromatic N) is 3. The second-order valence-corrected chi connectivity index (χ2v) is 8.51. The van der Waals surface area contributed by atoms with Crippen LogP contribution in [-0.2, 0) is 6.54 Å². The molecule has 0 radical (unpaired) electrons. The molecule has 0 fully saturated rings. The van der Waals surface area contributed by atoms with Gasteiger partial charge in [-0.2, -0.15) is 0 Å². The summed E-state index contributed by atoms with van der Waals surface area (Å²) in [5.41, 5.74) is 1.82. The van der Waals surface area contributed by atoms with E-state index in [1.54, 1.807) is 6.07 Å². The highest BCUT2D eigenvalue weighted by molar-refractivity contribution is 6.31. The van der Waals surface area contributed by atoms with Gasteiger partial charge in [0.1, 0.15) is 5.75 Å². The molecule has 0 aliphatic rings. The molecular formula is C26H36ClN3O2. The minimum absolute atomic E-state index is 0.0406. The smallest absolute Gasteiger partial charge is 0.197 e. The van der Waals surface area contributed by atoms with Gasteiger partial charge in [0, 0.05) is 41.5 Å². The van der Waals surface area contributed by atoms with Crippen LogP contribution in [0.15, 0.2) is 41.2 Å². The molecule has 0 atom stereocenters. The highest BCUT2D eigenvalue weighted by atomic mass is 35.5. The molecule has 2 aromatic carbocycles. The van der Waals surface area contributed by atoms with Gasteiger partial charge in [0.05, 0.1) is 17.6 Å². The average molecular weight is 458 g/mol. The van der Waals surface area contributed by atoms with E-state index in [0.29, 0.717) is 17.0 Å². The van der Waals surface area contributed by atoms with Gasteiger partial charge in [0.15, 0.2) is 5.43 Å². The molecule has 5 nitrogen and oxygen atoms in total. The van der Waals surface area contributed by atoms with E-state index < -0.39 is 0 Å². The van der Waals surface area contributed by atoms with Crippen LogP contribution < -0.4 is 10.2 Å². The lowest BCUT2D eigenvalue weighted by Crippen LogP contribution is -2.27. The van der Waals surface area contributed by atoms with Crippen LogP contribution in [0.2, 0.25) is 5.02 Å². The fourth-order valence-electron chi connectivity index (χ4n) is 4.25. The Bertz CT molecular complexity index is 1090. The lowest BCUT2D eigenvalue weighted by molar-refractivity contribution is 0.249. The second-order valence-electron chi connectivity index (χ2n) is 8.08. The zero-order valence-electron chi connectivity index (χ0n) is 19.9. The fourth-order valence-corrected chi connectivity index (χ4v) is 4.42. The maximum Gasteiger partial charge on any atom is 0.197 e. The first kappa shape index (κ1) is 24.6. The molecule has 0 saturated carbocycles. The Morgan fingerprint density at radius 1 is 0.844 bits per heavy atom. The van der Waals surface area contributed by atoms with Crippen molar-refractivity contribution in [2.75, 3.05) is 45.9 Å². The van der Waals surface area contributed by atoms with Gasteiger partial charge in [0.25, 0.3) is 0 Å². The Kier molecular flexibility index (Phi) is 8.97. The number of rotatable bonds is 12. The topological polar surface area (TPSA) is 37.7 Å². The number of halogens is 1.